The van der Waals surface area contributed by atoms with Gasteiger partial charge in [-0.25, -0.2) is 0 Å². The van der Waals surface area contributed by atoms with Crippen LogP contribution >= 0.6 is 23.8 Å². The summed E-state index contributed by atoms with van der Waals surface area (Å²) in [4.78, 5) is 4.11. The Morgan fingerprint density at radius 3 is 2.90 bits per heavy atom. The number of benzene rings is 1. The van der Waals surface area contributed by atoms with E-state index < -0.39 is 0 Å². The summed E-state index contributed by atoms with van der Waals surface area (Å²) in [5.74, 6) is 1.28. The summed E-state index contributed by atoms with van der Waals surface area (Å²) in [5, 5.41) is 7.68. The minimum absolute atomic E-state index is 0.472. The second-order valence-electron chi connectivity index (χ2n) is 4.24. The summed E-state index contributed by atoms with van der Waals surface area (Å²) in [5.41, 5.74) is 1.56. The number of halogens is 1. The molecule has 3 rings (SSSR count). The lowest BCUT2D eigenvalue weighted by Crippen LogP contribution is -1.99. The van der Waals surface area contributed by atoms with Crippen molar-refractivity contribution < 1.29 is 4.74 Å². The Balaban J connectivity index is 2.26. The van der Waals surface area contributed by atoms with E-state index in [1.54, 1.807) is 42.3 Å². The fraction of sp³-hybridized carbons (Fsp3) is 0.0714. The number of hydrogen-bond acceptors (Lipinski definition) is 4. The van der Waals surface area contributed by atoms with Gasteiger partial charge in [-0.05, 0) is 42.5 Å². The predicted molar refractivity (Wildman–Crippen MR) is 83.5 cm³/mol. The Morgan fingerprint density at radius 2 is 2.19 bits per heavy atom. The highest BCUT2D eigenvalue weighted by Crippen LogP contribution is 2.32. The molecule has 0 saturated carbocycles. The maximum Gasteiger partial charge on any atom is 0.200 e. The molecule has 21 heavy (non-hydrogen) atoms. The molecule has 0 fully saturated rings. The van der Waals surface area contributed by atoms with Gasteiger partial charge in [-0.15, -0.1) is 0 Å². The summed E-state index contributed by atoms with van der Waals surface area (Å²) in [6.07, 6.45) is 3.42. The van der Waals surface area contributed by atoms with Crippen LogP contribution in [0.1, 0.15) is 0 Å². The molecule has 106 valence electrons. The second-order valence-corrected chi connectivity index (χ2v) is 5.07. The molecule has 0 aliphatic carbocycles. The number of hydrogen-bond donors (Lipinski definition) is 1. The fourth-order valence-electron chi connectivity index (χ4n) is 2.06. The number of pyridine rings is 1. The van der Waals surface area contributed by atoms with Crippen LogP contribution in [-0.2, 0) is 0 Å². The maximum atomic E-state index is 6.09. The molecule has 0 aliphatic heterocycles. The minimum atomic E-state index is 0.472. The third-order valence-corrected chi connectivity index (χ3v) is 3.49. The highest BCUT2D eigenvalue weighted by molar-refractivity contribution is 7.71. The van der Waals surface area contributed by atoms with Crippen LogP contribution in [0.4, 0.5) is 0 Å². The van der Waals surface area contributed by atoms with E-state index in [1.165, 1.54) is 0 Å². The maximum absolute atomic E-state index is 6.09. The van der Waals surface area contributed by atoms with Crippen molar-refractivity contribution in [3.63, 3.8) is 0 Å². The molecule has 1 aromatic carbocycles. The molecule has 0 saturated heterocycles. The van der Waals surface area contributed by atoms with Gasteiger partial charge in [0.15, 0.2) is 10.6 Å². The van der Waals surface area contributed by atoms with Crippen molar-refractivity contribution in [3.8, 4) is 22.8 Å². The van der Waals surface area contributed by atoms with Gasteiger partial charge in [0, 0.05) is 11.2 Å². The van der Waals surface area contributed by atoms with Crippen molar-refractivity contribution >= 4 is 23.8 Å². The molecule has 0 atom stereocenters. The van der Waals surface area contributed by atoms with Crippen LogP contribution in [0.3, 0.4) is 0 Å². The highest BCUT2D eigenvalue weighted by Gasteiger charge is 2.15. The van der Waals surface area contributed by atoms with E-state index in [2.05, 4.69) is 15.2 Å². The number of nitrogens with one attached hydrogen (secondary N) is 1. The van der Waals surface area contributed by atoms with Gasteiger partial charge in [0.1, 0.15) is 5.75 Å². The average molecular weight is 319 g/mol. The zero-order valence-corrected chi connectivity index (χ0v) is 12.6. The first-order chi connectivity index (χ1) is 10.2. The van der Waals surface area contributed by atoms with Crippen LogP contribution in [0.5, 0.6) is 5.75 Å². The molecule has 2 aromatic heterocycles. The van der Waals surface area contributed by atoms with Gasteiger partial charge in [0.05, 0.1) is 24.6 Å². The van der Waals surface area contributed by atoms with Gasteiger partial charge in [-0.3, -0.25) is 14.6 Å². The van der Waals surface area contributed by atoms with Gasteiger partial charge >= 0.3 is 0 Å². The second kappa shape index (κ2) is 5.67. The number of rotatable bonds is 3. The van der Waals surface area contributed by atoms with Gasteiger partial charge in [-0.1, -0.05) is 11.6 Å². The van der Waals surface area contributed by atoms with Crippen LogP contribution in [0, 0.1) is 4.77 Å². The summed E-state index contributed by atoms with van der Waals surface area (Å²) < 4.78 is 7.64. The molecule has 0 bridgehead atoms. The zero-order valence-electron chi connectivity index (χ0n) is 11.1. The first-order valence-electron chi connectivity index (χ1n) is 6.12. The molecule has 5 nitrogen and oxygen atoms in total. The van der Waals surface area contributed by atoms with Gasteiger partial charge < -0.3 is 4.74 Å². The first kappa shape index (κ1) is 13.8. The number of H-pyrrole nitrogens is 1. The minimum Gasteiger partial charge on any atom is -0.496 e. The van der Waals surface area contributed by atoms with Crippen molar-refractivity contribution in [2.75, 3.05) is 7.11 Å². The predicted octanol–water partition coefficient (Wildman–Crippen LogP) is 3.65. The lowest BCUT2D eigenvalue weighted by Gasteiger charge is -2.10. The van der Waals surface area contributed by atoms with Gasteiger partial charge in [0.2, 0.25) is 0 Å². The van der Waals surface area contributed by atoms with Gasteiger partial charge in [0.25, 0.3) is 0 Å². The van der Waals surface area contributed by atoms with Crippen molar-refractivity contribution in [1.29, 1.82) is 0 Å². The van der Waals surface area contributed by atoms with Crippen LogP contribution in [0.15, 0.2) is 42.7 Å². The molecule has 7 heteroatoms. The topological polar surface area (TPSA) is 55.7 Å². The average Bonchev–Trinajstić information content (AvgIpc) is 2.89. The summed E-state index contributed by atoms with van der Waals surface area (Å²) in [7, 11) is 1.60. The third-order valence-electron chi connectivity index (χ3n) is 2.98. The van der Waals surface area contributed by atoms with Crippen LogP contribution in [-0.4, -0.2) is 26.9 Å². The molecule has 0 aliphatic rings. The highest BCUT2D eigenvalue weighted by atomic mass is 35.5. The van der Waals surface area contributed by atoms with Crippen molar-refractivity contribution in [2.24, 2.45) is 0 Å². The quantitative estimate of drug-likeness (QED) is 0.749. The molecule has 0 unspecified atom stereocenters. The van der Waals surface area contributed by atoms with Gasteiger partial charge in [-0.2, -0.15) is 5.10 Å². The smallest absolute Gasteiger partial charge is 0.200 e. The monoisotopic (exact) mass is 318 g/mol. The number of nitrogens with zero attached hydrogens (tertiary/aromatic N) is 3. The van der Waals surface area contributed by atoms with E-state index in [0.717, 1.165) is 11.3 Å². The van der Waals surface area contributed by atoms with Crippen molar-refractivity contribution in [1.82, 2.24) is 19.7 Å². The molecule has 0 amide bonds. The Kier molecular flexibility index (Phi) is 3.72. The third kappa shape index (κ3) is 2.55. The number of ether oxygens (including phenoxy) is 1. The molecule has 0 spiro atoms. The molecule has 1 N–H and O–H groups in total. The Hall–Kier alpha value is -2.18. The molecule has 0 radical (unpaired) electrons. The molecular weight excluding hydrogens is 308 g/mol. The normalized spacial score (nSPS) is 10.6. The van der Waals surface area contributed by atoms with E-state index >= 15 is 0 Å². The SMILES string of the molecule is COc1ccc(Cl)cc1-c1n[nH]c(=S)n1-c1cccnc1. The van der Waals surface area contributed by atoms with Crippen molar-refractivity contribution in [3.05, 3.63) is 52.5 Å². The van der Waals surface area contributed by atoms with Crippen LogP contribution < -0.4 is 4.74 Å². The van der Waals surface area contributed by atoms with E-state index in [1.807, 2.05) is 12.1 Å². The number of methoxy groups -OCH3 is 1. The zero-order chi connectivity index (χ0) is 14.8. The van der Waals surface area contributed by atoms with E-state index in [9.17, 15) is 0 Å². The van der Waals surface area contributed by atoms with E-state index in [-0.39, 0.29) is 0 Å². The summed E-state index contributed by atoms with van der Waals surface area (Å²) >= 11 is 11.4. The van der Waals surface area contributed by atoms with Crippen LogP contribution in [0.25, 0.3) is 17.1 Å². The molecular formula is C14H11ClN4OS. The first-order valence-corrected chi connectivity index (χ1v) is 6.91. The Bertz CT molecular complexity index is 828. The van der Waals surface area contributed by atoms with E-state index in [0.29, 0.717) is 21.4 Å². The molecule has 2 heterocycles. The lowest BCUT2D eigenvalue weighted by molar-refractivity contribution is 0.416. The van der Waals surface area contributed by atoms with Crippen LogP contribution in [0.2, 0.25) is 5.02 Å². The number of aromatic amines is 1. The van der Waals surface area contributed by atoms with Crippen molar-refractivity contribution in [2.45, 2.75) is 0 Å². The standard InChI is InChI=1S/C14H11ClN4OS/c1-20-12-5-4-9(15)7-11(12)13-17-18-14(21)19(13)10-3-2-6-16-8-10/h2-8H,1H3,(H,18,21). The molecule has 3 aromatic rings. The fourth-order valence-corrected chi connectivity index (χ4v) is 2.47. The van der Waals surface area contributed by atoms with E-state index in [4.69, 9.17) is 28.6 Å². The lowest BCUT2D eigenvalue weighted by atomic mass is 10.2. The summed E-state index contributed by atoms with van der Waals surface area (Å²) in [6.45, 7) is 0. The largest absolute Gasteiger partial charge is 0.496 e. The Morgan fingerprint density at radius 1 is 1.33 bits per heavy atom. The number of aromatic nitrogens is 4. The summed E-state index contributed by atoms with van der Waals surface area (Å²) in [6, 6.07) is 9.09. The Labute approximate surface area is 131 Å².